The molecule has 3 heterocycles. The van der Waals surface area contributed by atoms with Gasteiger partial charge in [-0.3, -0.25) is 9.59 Å². The van der Waals surface area contributed by atoms with E-state index in [1.54, 1.807) is 0 Å². The molecule has 0 saturated heterocycles. The Hall–Kier alpha value is -4.81. The first-order valence-corrected chi connectivity index (χ1v) is 14.9. The minimum absolute atomic E-state index is 0.0508. The van der Waals surface area contributed by atoms with E-state index < -0.39 is 48.8 Å². The summed E-state index contributed by atoms with van der Waals surface area (Å²) < 4.78 is 88.3. The molecule has 0 fully saturated rings. The first-order chi connectivity index (χ1) is 22.2. The summed E-state index contributed by atoms with van der Waals surface area (Å²) in [7, 11) is 1.30. The number of ether oxygens (including phenoxy) is 3. The molecule has 0 aliphatic carbocycles. The Balaban J connectivity index is 1.41. The van der Waals surface area contributed by atoms with Gasteiger partial charge in [-0.05, 0) is 54.4 Å². The molecule has 0 bridgehead atoms. The lowest BCUT2D eigenvalue weighted by Crippen LogP contribution is -2.35. The van der Waals surface area contributed by atoms with Crippen LogP contribution < -0.4 is 14.8 Å². The molecule has 8 nitrogen and oxygen atoms in total. The maximum atomic E-state index is 14.9. The molecule has 0 saturated carbocycles. The molecule has 47 heavy (non-hydrogen) atoms. The molecule has 2 aromatic carbocycles. The number of nitrogens with zero attached hydrogens (tertiary/aromatic N) is 2. The van der Waals surface area contributed by atoms with Crippen LogP contribution in [0, 0.1) is 17.6 Å². The van der Waals surface area contributed by atoms with Gasteiger partial charge in [-0.25, -0.2) is 18.7 Å². The summed E-state index contributed by atoms with van der Waals surface area (Å²) in [5, 5.41) is 2.48. The third kappa shape index (κ3) is 7.44. The SMILES string of the molecule is COc1cc(C(=O)NCC(c2cc3c(c(-c4ccc(F)cc4)n2)OCC3C)C(F)(F)F)cc2cc(F)c(COC(=O)CC(C)C)nc12. The van der Waals surface area contributed by atoms with Gasteiger partial charge >= 0.3 is 12.1 Å². The molecule has 1 N–H and O–H groups in total. The Morgan fingerprint density at radius 1 is 1.06 bits per heavy atom. The molecule has 4 aromatic rings. The number of carbonyl (C=O) groups is 2. The first kappa shape index (κ1) is 33.6. The third-order valence-electron chi connectivity index (χ3n) is 7.70. The highest BCUT2D eigenvalue weighted by molar-refractivity contribution is 6.00. The van der Waals surface area contributed by atoms with Crippen molar-refractivity contribution in [1.29, 1.82) is 0 Å². The van der Waals surface area contributed by atoms with E-state index in [0.717, 1.165) is 6.07 Å². The van der Waals surface area contributed by atoms with Crippen LogP contribution >= 0.6 is 0 Å². The lowest BCUT2D eigenvalue weighted by Gasteiger charge is -2.22. The zero-order chi connectivity index (χ0) is 34.0. The molecular weight excluding hydrogens is 625 g/mol. The number of hydrogen-bond acceptors (Lipinski definition) is 7. The topological polar surface area (TPSA) is 99.6 Å². The number of aromatic nitrogens is 2. The number of hydrogen-bond donors (Lipinski definition) is 1. The van der Waals surface area contributed by atoms with Crippen molar-refractivity contribution in [2.75, 3.05) is 20.3 Å². The highest BCUT2D eigenvalue weighted by Gasteiger charge is 2.43. The number of carbonyl (C=O) groups excluding carboxylic acids is 2. The van der Waals surface area contributed by atoms with E-state index in [9.17, 15) is 31.5 Å². The van der Waals surface area contributed by atoms with Crippen LogP contribution in [0.5, 0.6) is 11.5 Å². The number of esters is 1. The zero-order valence-corrected chi connectivity index (χ0v) is 26.0. The first-order valence-electron chi connectivity index (χ1n) is 14.9. The molecule has 0 spiro atoms. The van der Waals surface area contributed by atoms with Crippen LogP contribution in [0.25, 0.3) is 22.2 Å². The second-order valence-electron chi connectivity index (χ2n) is 11.8. The van der Waals surface area contributed by atoms with Crippen LogP contribution in [0.1, 0.15) is 66.3 Å². The van der Waals surface area contributed by atoms with Gasteiger partial charge in [0, 0.05) is 41.0 Å². The number of nitrogens with one attached hydrogen (secondary N) is 1. The van der Waals surface area contributed by atoms with Crippen molar-refractivity contribution in [2.45, 2.75) is 51.8 Å². The fourth-order valence-corrected chi connectivity index (χ4v) is 5.25. The van der Waals surface area contributed by atoms with E-state index in [2.05, 4.69) is 15.3 Å². The average Bonchev–Trinajstić information content (AvgIpc) is 3.38. The molecule has 0 radical (unpaired) electrons. The third-order valence-corrected chi connectivity index (χ3v) is 7.70. The zero-order valence-electron chi connectivity index (χ0n) is 26.0. The standard InChI is InChI=1S/C34H32F5N3O5/c1-17(2)9-29(43)46-16-27-25(36)11-20-10-21(12-28(45-4)30(20)42-27)33(44)40-14-24(34(37,38)39)26-13-23-18(3)15-47-32(23)31(41-26)19-5-7-22(35)8-6-19/h5-8,10-13,17-18,24H,9,14-16H2,1-4H3,(H,40,44). The highest BCUT2D eigenvalue weighted by Crippen LogP contribution is 2.44. The fraction of sp³-hybridized carbons (Fsp3) is 0.353. The Labute approximate surface area is 267 Å². The monoisotopic (exact) mass is 657 g/mol. The molecule has 1 amide bonds. The van der Waals surface area contributed by atoms with Gasteiger partial charge in [0.25, 0.3) is 5.91 Å². The van der Waals surface area contributed by atoms with Crippen molar-refractivity contribution in [2.24, 2.45) is 5.92 Å². The number of alkyl halides is 3. The lowest BCUT2D eigenvalue weighted by atomic mass is 9.95. The van der Waals surface area contributed by atoms with Crippen molar-refractivity contribution in [3.05, 3.63) is 82.7 Å². The Morgan fingerprint density at radius 2 is 1.79 bits per heavy atom. The number of pyridine rings is 2. The van der Waals surface area contributed by atoms with E-state index in [-0.39, 0.29) is 64.2 Å². The van der Waals surface area contributed by atoms with E-state index in [1.807, 2.05) is 20.8 Å². The van der Waals surface area contributed by atoms with Crippen molar-refractivity contribution in [3.8, 4) is 22.8 Å². The molecule has 1 aliphatic rings. The van der Waals surface area contributed by atoms with E-state index >= 15 is 0 Å². The van der Waals surface area contributed by atoms with Crippen LogP contribution in [0.2, 0.25) is 0 Å². The summed E-state index contributed by atoms with van der Waals surface area (Å²) in [5.74, 6) is -4.68. The molecular formula is C34H32F5N3O5. The predicted molar refractivity (Wildman–Crippen MR) is 162 cm³/mol. The molecule has 248 valence electrons. The van der Waals surface area contributed by atoms with Crippen LogP contribution in [0.15, 0.2) is 48.5 Å². The van der Waals surface area contributed by atoms with Gasteiger partial charge in [-0.15, -0.1) is 0 Å². The highest BCUT2D eigenvalue weighted by atomic mass is 19.4. The maximum Gasteiger partial charge on any atom is 0.398 e. The van der Waals surface area contributed by atoms with Crippen molar-refractivity contribution in [3.63, 3.8) is 0 Å². The fourth-order valence-electron chi connectivity index (χ4n) is 5.25. The number of benzene rings is 2. The average molecular weight is 658 g/mol. The lowest BCUT2D eigenvalue weighted by molar-refractivity contribution is -0.150. The molecule has 13 heteroatoms. The van der Waals surface area contributed by atoms with Gasteiger partial charge < -0.3 is 19.5 Å². The number of rotatable bonds is 10. The van der Waals surface area contributed by atoms with Crippen LogP contribution in [-0.4, -0.2) is 48.3 Å². The maximum absolute atomic E-state index is 14.9. The Bertz CT molecular complexity index is 1810. The van der Waals surface area contributed by atoms with Crippen molar-refractivity contribution < 1.29 is 45.8 Å². The quantitative estimate of drug-likeness (QED) is 0.142. The minimum atomic E-state index is -4.81. The normalized spacial score (nSPS) is 14.9. The number of methoxy groups -OCH3 is 1. The molecule has 2 atom stereocenters. The summed E-state index contributed by atoms with van der Waals surface area (Å²) >= 11 is 0. The van der Waals surface area contributed by atoms with Gasteiger partial charge in [-0.2, -0.15) is 13.2 Å². The summed E-state index contributed by atoms with van der Waals surface area (Å²) in [6.45, 7) is 4.45. The predicted octanol–water partition coefficient (Wildman–Crippen LogP) is 7.24. The van der Waals surface area contributed by atoms with Crippen molar-refractivity contribution in [1.82, 2.24) is 15.3 Å². The second-order valence-corrected chi connectivity index (χ2v) is 11.8. The molecule has 2 unspecified atom stereocenters. The van der Waals surface area contributed by atoms with Crippen LogP contribution in [0.3, 0.4) is 0 Å². The molecule has 5 rings (SSSR count). The summed E-state index contributed by atoms with van der Waals surface area (Å²) in [6.07, 6.45) is -4.65. The smallest absolute Gasteiger partial charge is 0.398 e. The summed E-state index contributed by atoms with van der Waals surface area (Å²) in [4.78, 5) is 33.7. The van der Waals surface area contributed by atoms with Gasteiger partial charge in [0.05, 0.1) is 19.4 Å². The number of halogens is 5. The second kappa shape index (κ2) is 13.5. The molecule has 1 aliphatic heterocycles. The van der Waals surface area contributed by atoms with E-state index in [1.165, 1.54) is 49.6 Å². The Morgan fingerprint density at radius 3 is 2.45 bits per heavy atom. The Kier molecular flexibility index (Phi) is 9.64. The molecule has 2 aromatic heterocycles. The van der Waals surface area contributed by atoms with Crippen LogP contribution in [-0.2, 0) is 16.1 Å². The van der Waals surface area contributed by atoms with Crippen LogP contribution in [0.4, 0.5) is 22.0 Å². The van der Waals surface area contributed by atoms with Gasteiger partial charge in [0.1, 0.15) is 52.6 Å². The van der Waals surface area contributed by atoms with Crippen molar-refractivity contribution >= 4 is 22.8 Å². The number of amides is 1. The largest absolute Gasteiger partial charge is 0.494 e. The van der Waals surface area contributed by atoms with Gasteiger partial charge in [0.2, 0.25) is 0 Å². The minimum Gasteiger partial charge on any atom is -0.494 e. The van der Waals surface area contributed by atoms with E-state index in [4.69, 9.17) is 14.2 Å². The number of fused-ring (bicyclic) bond motifs is 2. The summed E-state index contributed by atoms with van der Waals surface area (Å²) in [5.41, 5.74) is 0.633. The van der Waals surface area contributed by atoms with Gasteiger partial charge in [0.15, 0.2) is 0 Å². The van der Waals surface area contributed by atoms with Gasteiger partial charge in [-0.1, -0.05) is 20.8 Å². The van der Waals surface area contributed by atoms with E-state index in [0.29, 0.717) is 16.9 Å². The summed E-state index contributed by atoms with van der Waals surface area (Å²) in [6, 6.07) is 10.1.